The largest absolute Gasteiger partial charge is 0.481 e. The number of ether oxygens (including phenoxy) is 1. The van der Waals surface area contributed by atoms with Crippen LogP contribution in [0.2, 0.25) is 0 Å². The number of hydrogen-bond acceptors (Lipinski definition) is 7. The first-order valence-electron chi connectivity index (χ1n) is 7.21. The average Bonchev–Trinajstić information content (AvgIpc) is 2.52. The van der Waals surface area contributed by atoms with Gasteiger partial charge in [0.15, 0.2) is 5.65 Å². The van der Waals surface area contributed by atoms with Crippen LogP contribution in [0.5, 0.6) is 5.88 Å². The number of nitrogens with one attached hydrogen (secondary N) is 1. The lowest BCUT2D eigenvalue weighted by molar-refractivity contribution is 0.397. The van der Waals surface area contributed by atoms with Crippen LogP contribution in [0.1, 0.15) is 16.8 Å². The molecular weight excluding hydrogens is 292 g/mol. The van der Waals surface area contributed by atoms with Crippen molar-refractivity contribution in [2.75, 3.05) is 18.2 Å². The van der Waals surface area contributed by atoms with E-state index in [4.69, 9.17) is 10.5 Å². The van der Waals surface area contributed by atoms with Gasteiger partial charge in [-0.1, -0.05) is 6.07 Å². The van der Waals surface area contributed by atoms with Crippen LogP contribution < -0.4 is 15.8 Å². The molecule has 7 heteroatoms. The Morgan fingerprint density at radius 1 is 1.17 bits per heavy atom. The predicted octanol–water partition coefficient (Wildman–Crippen LogP) is 2.24. The molecule has 0 atom stereocenters. The number of hydrogen-bond donors (Lipinski definition) is 2. The first kappa shape index (κ1) is 15.0. The molecular formula is C16H18N6O. The number of nitrogens with zero attached hydrogens (tertiary/aromatic N) is 4. The Kier molecular flexibility index (Phi) is 3.92. The van der Waals surface area contributed by atoms with E-state index in [1.54, 1.807) is 19.4 Å². The molecule has 0 unspecified atom stereocenters. The summed E-state index contributed by atoms with van der Waals surface area (Å²) in [4.78, 5) is 17.4. The third-order valence-corrected chi connectivity index (χ3v) is 3.48. The van der Waals surface area contributed by atoms with Crippen LogP contribution in [0.25, 0.3) is 11.0 Å². The molecule has 0 aliphatic heterocycles. The molecule has 3 aromatic rings. The van der Waals surface area contributed by atoms with Gasteiger partial charge in [0.05, 0.1) is 12.5 Å². The van der Waals surface area contributed by atoms with Crippen LogP contribution in [-0.2, 0) is 6.54 Å². The van der Waals surface area contributed by atoms with E-state index >= 15 is 0 Å². The molecule has 3 N–H and O–H groups in total. The van der Waals surface area contributed by atoms with Gasteiger partial charge in [-0.25, -0.2) is 9.97 Å². The van der Waals surface area contributed by atoms with Gasteiger partial charge >= 0.3 is 0 Å². The molecule has 118 valence electrons. The van der Waals surface area contributed by atoms with E-state index in [0.717, 1.165) is 22.2 Å². The second-order valence-corrected chi connectivity index (χ2v) is 5.27. The second-order valence-electron chi connectivity index (χ2n) is 5.27. The van der Waals surface area contributed by atoms with E-state index in [1.165, 1.54) is 0 Å². The van der Waals surface area contributed by atoms with Crippen LogP contribution in [-0.4, -0.2) is 27.0 Å². The maximum atomic E-state index is 6.05. The molecule has 0 fully saturated rings. The molecule has 0 aliphatic rings. The molecule has 0 amide bonds. The summed E-state index contributed by atoms with van der Waals surface area (Å²) in [5, 5.41) is 3.95. The molecule has 23 heavy (non-hydrogen) atoms. The molecule has 3 heterocycles. The van der Waals surface area contributed by atoms with Gasteiger partial charge in [0.25, 0.3) is 0 Å². The highest BCUT2D eigenvalue weighted by atomic mass is 16.5. The minimum atomic E-state index is 0.426. The molecule has 0 spiro atoms. The topological polar surface area (TPSA) is 98.8 Å². The van der Waals surface area contributed by atoms with Crippen molar-refractivity contribution in [1.82, 2.24) is 19.9 Å². The summed E-state index contributed by atoms with van der Waals surface area (Å²) >= 11 is 0. The van der Waals surface area contributed by atoms with Gasteiger partial charge in [0, 0.05) is 24.5 Å². The quantitative estimate of drug-likeness (QED) is 0.762. The number of anilines is 2. The first-order chi connectivity index (χ1) is 11.1. The Hall–Kier alpha value is -2.96. The van der Waals surface area contributed by atoms with E-state index in [9.17, 15) is 0 Å². The number of fused-ring (bicyclic) bond motifs is 1. The van der Waals surface area contributed by atoms with Crippen molar-refractivity contribution in [2.24, 2.45) is 0 Å². The van der Waals surface area contributed by atoms with Crippen LogP contribution in [0.15, 0.2) is 24.4 Å². The third kappa shape index (κ3) is 3.13. The fraction of sp³-hybridized carbons (Fsp3) is 0.250. The van der Waals surface area contributed by atoms with Crippen LogP contribution in [0.4, 0.5) is 11.8 Å². The fourth-order valence-electron chi connectivity index (χ4n) is 2.41. The number of nitrogen functional groups attached to an aromatic ring is 1. The molecule has 0 aromatic carbocycles. The number of aryl methyl sites for hydroxylation is 2. The summed E-state index contributed by atoms with van der Waals surface area (Å²) < 4.78 is 5.04. The van der Waals surface area contributed by atoms with Crippen molar-refractivity contribution in [3.05, 3.63) is 41.2 Å². The van der Waals surface area contributed by atoms with Gasteiger partial charge in [-0.2, -0.15) is 9.97 Å². The Morgan fingerprint density at radius 3 is 2.70 bits per heavy atom. The number of methoxy groups -OCH3 is 1. The zero-order valence-electron chi connectivity index (χ0n) is 13.3. The van der Waals surface area contributed by atoms with E-state index in [-0.39, 0.29) is 0 Å². The lowest BCUT2D eigenvalue weighted by atomic mass is 10.1. The maximum absolute atomic E-state index is 6.05. The number of rotatable bonds is 4. The summed E-state index contributed by atoms with van der Waals surface area (Å²) in [5.41, 5.74) is 9.57. The van der Waals surface area contributed by atoms with Crippen molar-refractivity contribution < 1.29 is 4.74 Å². The normalized spacial score (nSPS) is 10.7. The van der Waals surface area contributed by atoms with Crippen molar-refractivity contribution in [3.8, 4) is 5.88 Å². The minimum Gasteiger partial charge on any atom is -0.481 e. The zero-order valence-corrected chi connectivity index (χ0v) is 13.3. The third-order valence-electron chi connectivity index (χ3n) is 3.48. The Bertz CT molecular complexity index is 847. The summed E-state index contributed by atoms with van der Waals surface area (Å²) in [6, 6.07) is 5.70. The molecule has 3 rings (SSSR count). The molecule has 0 saturated heterocycles. The van der Waals surface area contributed by atoms with E-state index < -0.39 is 0 Å². The standard InChI is InChI=1S/C16H18N6O/c1-9-6-10(2)20-15-13(9)14(17)21-16(22-15)19-8-11-4-5-12(23-3)18-7-11/h4-7H,8H2,1-3H3,(H3,17,19,20,21,22). The Balaban J connectivity index is 1.85. The average molecular weight is 310 g/mol. The number of nitrogens with two attached hydrogens (primary N) is 1. The SMILES string of the molecule is COc1ccc(CNc2nc(N)c3c(C)cc(C)nc3n2)cn1. The van der Waals surface area contributed by atoms with Crippen LogP contribution in [0, 0.1) is 13.8 Å². The highest BCUT2D eigenvalue weighted by molar-refractivity contribution is 5.89. The van der Waals surface area contributed by atoms with Gasteiger partial charge in [-0.05, 0) is 31.0 Å². The van der Waals surface area contributed by atoms with Gasteiger partial charge in [-0.3, -0.25) is 0 Å². The van der Waals surface area contributed by atoms with Crippen LogP contribution in [0.3, 0.4) is 0 Å². The smallest absolute Gasteiger partial charge is 0.226 e. The van der Waals surface area contributed by atoms with Crippen molar-refractivity contribution in [2.45, 2.75) is 20.4 Å². The van der Waals surface area contributed by atoms with Crippen molar-refractivity contribution in [1.29, 1.82) is 0 Å². The van der Waals surface area contributed by atoms with Crippen LogP contribution >= 0.6 is 0 Å². The second kappa shape index (κ2) is 6.04. The molecule has 0 aliphatic carbocycles. The summed E-state index contributed by atoms with van der Waals surface area (Å²) in [5.74, 6) is 1.45. The van der Waals surface area contributed by atoms with Crippen molar-refractivity contribution in [3.63, 3.8) is 0 Å². The van der Waals surface area contributed by atoms with Gasteiger partial charge in [0.1, 0.15) is 5.82 Å². The van der Waals surface area contributed by atoms with Gasteiger partial charge in [-0.15, -0.1) is 0 Å². The lowest BCUT2D eigenvalue weighted by Crippen LogP contribution is -2.07. The highest BCUT2D eigenvalue weighted by Gasteiger charge is 2.09. The number of aromatic nitrogens is 4. The van der Waals surface area contributed by atoms with Gasteiger partial charge < -0.3 is 15.8 Å². The molecule has 7 nitrogen and oxygen atoms in total. The van der Waals surface area contributed by atoms with E-state index in [1.807, 2.05) is 26.0 Å². The summed E-state index contributed by atoms with van der Waals surface area (Å²) in [6.45, 7) is 4.44. The highest BCUT2D eigenvalue weighted by Crippen LogP contribution is 2.22. The van der Waals surface area contributed by atoms with E-state index in [0.29, 0.717) is 29.8 Å². The molecule has 0 radical (unpaired) electrons. The Labute approximate surface area is 134 Å². The van der Waals surface area contributed by atoms with E-state index in [2.05, 4.69) is 25.3 Å². The van der Waals surface area contributed by atoms with Crippen molar-refractivity contribution >= 4 is 22.8 Å². The van der Waals surface area contributed by atoms with Gasteiger partial charge in [0.2, 0.25) is 11.8 Å². The molecule has 0 bridgehead atoms. The summed E-state index contributed by atoms with van der Waals surface area (Å²) in [6.07, 6.45) is 1.74. The minimum absolute atomic E-state index is 0.426. The zero-order chi connectivity index (χ0) is 16.4. The fourth-order valence-corrected chi connectivity index (χ4v) is 2.41. The number of pyridine rings is 2. The lowest BCUT2D eigenvalue weighted by Gasteiger charge is -2.09. The maximum Gasteiger partial charge on any atom is 0.226 e. The monoisotopic (exact) mass is 310 g/mol. The molecule has 0 saturated carbocycles. The molecule has 3 aromatic heterocycles. The first-order valence-corrected chi connectivity index (χ1v) is 7.21. The summed E-state index contributed by atoms with van der Waals surface area (Å²) in [7, 11) is 1.59. The predicted molar refractivity (Wildman–Crippen MR) is 89.3 cm³/mol. The Morgan fingerprint density at radius 2 is 2.00 bits per heavy atom.